The van der Waals surface area contributed by atoms with Crippen molar-refractivity contribution in [1.82, 2.24) is 5.43 Å². The van der Waals surface area contributed by atoms with E-state index in [4.69, 9.17) is 32.7 Å². The molecule has 1 aliphatic rings. The van der Waals surface area contributed by atoms with E-state index in [1.54, 1.807) is 25.1 Å². The van der Waals surface area contributed by atoms with Gasteiger partial charge in [0.05, 0.1) is 10.7 Å². The van der Waals surface area contributed by atoms with E-state index >= 15 is 0 Å². The molecule has 2 aromatic rings. The van der Waals surface area contributed by atoms with Gasteiger partial charge in [0.15, 0.2) is 11.5 Å². The number of amides is 1. The maximum absolute atomic E-state index is 12.2. The van der Waals surface area contributed by atoms with Gasteiger partial charge in [-0.15, -0.1) is 0 Å². The zero-order valence-electron chi connectivity index (χ0n) is 12.5. The lowest BCUT2D eigenvalue weighted by Crippen LogP contribution is -2.19. The lowest BCUT2D eigenvalue weighted by atomic mass is 10.1. The molecular weight excluding hydrogens is 355 g/mol. The normalized spacial score (nSPS) is 13.0. The molecule has 0 bridgehead atoms. The van der Waals surface area contributed by atoms with Crippen LogP contribution in [0.15, 0.2) is 35.4 Å². The molecule has 0 spiro atoms. The fourth-order valence-corrected chi connectivity index (χ4v) is 2.63. The van der Waals surface area contributed by atoms with E-state index in [1.165, 1.54) is 12.1 Å². The Balaban J connectivity index is 1.79. The van der Waals surface area contributed by atoms with Crippen molar-refractivity contribution in [3.05, 3.63) is 51.5 Å². The number of nitrogens with zero attached hydrogens (tertiary/aromatic N) is 1. The summed E-state index contributed by atoms with van der Waals surface area (Å²) >= 11 is 11.8. The smallest absolute Gasteiger partial charge is 0.271 e. The van der Waals surface area contributed by atoms with E-state index in [0.29, 0.717) is 33.4 Å². The summed E-state index contributed by atoms with van der Waals surface area (Å²) in [5, 5.41) is 14.4. The standard InChI is InChI=1S/C16H12Cl2N2O4/c1-8(11-5-10(17)6-12(18)15(11)21)19-20-16(22)9-2-3-13-14(4-9)24-7-23-13/h2-6,21H,7H2,1H3,(H,20,22). The molecule has 0 fully saturated rings. The molecule has 0 aromatic heterocycles. The third-order valence-corrected chi connectivity index (χ3v) is 3.88. The SMILES string of the molecule is CC(=NNC(=O)c1ccc2c(c1)OCO2)c1cc(Cl)cc(Cl)c1O. The highest BCUT2D eigenvalue weighted by Crippen LogP contribution is 2.33. The van der Waals surface area contributed by atoms with Crippen LogP contribution in [0, 0.1) is 0 Å². The summed E-state index contributed by atoms with van der Waals surface area (Å²) in [7, 11) is 0. The highest BCUT2D eigenvalue weighted by molar-refractivity contribution is 6.36. The Labute approximate surface area is 147 Å². The van der Waals surface area contributed by atoms with Crippen LogP contribution in [0.2, 0.25) is 10.0 Å². The largest absolute Gasteiger partial charge is 0.506 e. The number of phenols is 1. The van der Waals surface area contributed by atoms with Gasteiger partial charge in [0.2, 0.25) is 6.79 Å². The first kappa shape index (κ1) is 16.4. The van der Waals surface area contributed by atoms with Crippen LogP contribution >= 0.6 is 23.2 Å². The van der Waals surface area contributed by atoms with Crippen LogP contribution in [0.5, 0.6) is 17.2 Å². The van der Waals surface area contributed by atoms with Gasteiger partial charge in [0, 0.05) is 16.1 Å². The Morgan fingerprint density at radius 3 is 2.75 bits per heavy atom. The van der Waals surface area contributed by atoms with Gasteiger partial charge in [-0.3, -0.25) is 4.79 Å². The number of carbonyl (C=O) groups excluding carboxylic acids is 1. The summed E-state index contributed by atoms with van der Waals surface area (Å²) in [6.45, 7) is 1.74. The molecule has 8 heteroatoms. The van der Waals surface area contributed by atoms with Gasteiger partial charge < -0.3 is 14.6 Å². The Morgan fingerprint density at radius 1 is 1.21 bits per heavy atom. The van der Waals surface area contributed by atoms with Crippen molar-refractivity contribution in [2.24, 2.45) is 5.10 Å². The second kappa shape index (κ2) is 6.59. The Morgan fingerprint density at radius 2 is 1.96 bits per heavy atom. The monoisotopic (exact) mass is 366 g/mol. The fraction of sp³-hybridized carbons (Fsp3) is 0.125. The van der Waals surface area contributed by atoms with E-state index < -0.39 is 5.91 Å². The lowest BCUT2D eigenvalue weighted by Gasteiger charge is -2.07. The van der Waals surface area contributed by atoms with Crippen molar-refractivity contribution in [1.29, 1.82) is 0 Å². The lowest BCUT2D eigenvalue weighted by molar-refractivity contribution is 0.0954. The van der Waals surface area contributed by atoms with Crippen molar-refractivity contribution >= 4 is 34.8 Å². The highest BCUT2D eigenvalue weighted by atomic mass is 35.5. The summed E-state index contributed by atoms with van der Waals surface area (Å²) in [6.07, 6.45) is 0. The van der Waals surface area contributed by atoms with Gasteiger partial charge in [-0.05, 0) is 37.3 Å². The van der Waals surface area contributed by atoms with Crippen molar-refractivity contribution in [2.75, 3.05) is 6.79 Å². The molecule has 0 radical (unpaired) electrons. The number of benzene rings is 2. The molecule has 1 aliphatic heterocycles. The topological polar surface area (TPSA) is 80.2 Å². The molecule has 0 aliphatic carbocycles. The first-order valence-electron chi connectivity index (χ1n) is 6.88. The molecule has 3 rings (SSSR count). The molecule has 0 saturated heterocycles. The van der Waals surface area contributed by atoms with Gasteiger partial charge in [-0.2, -0.15) is 5.10 Å². The van der Waals surface area contributed by atoms with E-state index in [0.717, 1.165) is 0 Å². The molecule has 2 aromatic carbocycles. The van der Waals surface area contributed by atoms with Gasteiger partial charge in [0.25, 0.3) is 5.91 Å². The van der Waals surface area contributed by atoms with Gasteiger partial charge in [0.1, 0.15) is 5.75 Å². The van der Waals surface area contributed by atoms with Gasteiger partial charge in [-0.1, -0.05) is 23.2 Å². The van der Waals surface area contributed by atoms with Gasteiger partial charge >= 0.3 is 0 Å². The number of phenolic OH excluding ortho intramolecular Hbond substituents is 1. The van der Waals surface area contributed by atoms with E-state index in [9.17, 15) is 9.90 Å². The number of fused-ring (bicyclic) bond motifs is 1. The molecule has 0 atom stereocenters. The average Bonchev–Trinajstić information content (AvgIpc) is 3.03. The number of hydrazone groups is 1. The molecule has 6 nitrogen and oxygen atoms in total. The van der Waals surface area contributed by atoms with Crippen LogP contribution in [0.4, 0.5) is 0 Å². The van der Waals surface area contributed by atoms with Crippen LogP contribution in [-0.4, -0.2) is 23.5 Å². The zero-order valence-corrected chi connectivity index (χ0v) is 14.0. The first-order chi connectivity index (χ1) is 11.5. The van der Waals surface area contributed by atoms with Crippen LogP contribution < -0.4 is 14.9 Å². The Kier molecular flexibility index (Phi) is 4.51. The number of carbonyl (C=O) groups is 1. The second-order valence-electron chi connectivity index (χ2n) is 4.99. The minimum absolute atomic E-state index is 0.106. The van der Waals surface area contributed by atoms with Crippen LogP contribution in [0.25, 0.3) is 0 Å². The van der Waals surface area contributed by atoms with Crippen LogP contribution in [-0.2, 0) is 0 Å². The molecule has 24 heavy (non-hydrogen) atoms. The summed E-state index contributed by atoms with van der Waals surface area (Å²) in [5.41, 5.74) is 3.46. The molecule has 0 saturated carbocycles. The number of ether oxygens (including phenoxy) is 2. The average molecular weight is 367 g/mol. The molecule has 2 N–H and O–H groups in total. The quantitative estimate of drug-likeness (QED) is 0.642. The summed E-state index contributed by atoms with van der Waals surface area (Å²) in [5.74, 6) is 0.507. The number of hydrogen-bond acceptors (Lipinski definition) is 5. The third kappa shape index (κ3) is 3.25. The minimum atomic E-state index is -0.430. The summed E-state index contributed by atoms with van der Waals surface area (Å²) in [4.78, 5) is 12.2. The van der Waals surface area contributed by atoms with Crippen molar-refractivity contribution in [3.63, 3.8) is 0 Å². The number of halogens is 2. The number of rotatable bonds is 3. The molecular formula is C16H12Cl2N2O4. The second-order valence-corrected chi connectivity index (χ2v) is 5.83. The minimum Gasteiger partial charge on any atom is -0.506 e. The van der Waals surface area contributed by atoms with Gasteiger partial charge in [-0.25, -0.2) is 5.43 Å². The Bertz CT molecular complexity index is 852. The van der Waals surface area contributed by atoms with E-state index in [2.05, 4.69) is 10.5 Å². The summed E-state index contributed by atoms with van der Waals surface area (Å²) < 4.78 is 10.4. The van der Waals surface area contributed by atoms with E-state index in [1.807, 2.05) is 0 Å². The first-order valence-corrected chi connectivity index (χ1v) is 7.64. The number of hydrogen-bond donors (Lipinski definition) is 2. The molecule has 124 valence electrons. The van der Waals surface area contributed by atoms with Crippen LogP contribution in [0.3, 0.4) is 0 Å². The van der Waals surface area contributed by atoms with E-state index in [-0.39, 0.29) is 17.6 Å². The Hall–Kier alpha value is -2.44. The predicted octanol–water partition coefficient (Wildman–Crippen LogP) is 3.58. The van der Waals surface area contributed by atoms with Crippen molar-refractivity contribution in [3.8, 4) is 17.2 Å². The summed E-state index contributed by atoms with van der Waals surface area (Å²) in [6, 6.07) is 7.74. The van der Waals surface area contributed by atoms with Crippen molar-refractivity contribution < 1.29 is 19.4 Å². The zero-order chi connectivity index (χ0) is 17.3. The highest BCUT2D eigenvalue weighted by Gasteiger charge is 2.16. The molecule has 0 unspecified atom stereocenters. The molecule has 1 amide bonds. The van der Waals surface area contributed by atoms with Crippen molar-refractivity contribution in [2.45, 2.75) is 6.92 Å². The predicted molar refractivity (Wildman–Crippen MR) is 90.4 cm³/mol. The maximum Gasteiger partial charge on any atom is 0.271 e. The third-order valence-electron chi connectivity index (χ3n) is 3.38. The maximum atomic E-state index is 12.2. The fourth-order valence-electron chi connectivity index (χ4n) is 2.14. The molecule has 1 heterocycles. The number of aromatic hydroxyl groups is 1. The number of nitrogens with one attached hydrogen (secondary N) is 1. The van der Waals surface area contributed by atoms with Crippen LogP contribution in [0.1, 0.15) is 22.8 Å².